The summed E-state index contributed by atoms with van der Waals surface area (Å²) in [7, 11) is 1.62. The molecule has 2 aromatic carbocycles. The van der Waals surface area contributed by atoms with Crippen molar-refractivity contribution < 1.29 is 19.0 Å². The fraction of sp³-hybridized carbons (Fsp3) is 0.316. The molecule has 0 radical (unpaired) electrons. The number of benzene rings is 2. The zero-order chi connectivity index (χ0) is 17.4. The Balaban J connectivity index is 1.65. The molecule has 1 amide bonds. The summed E-state index contributed by atoms with van der Waals surface area (Å²) in [5.41, 5.74) is 2.19. The lowest BCUT2D eigenvalue weighted by Gasteiger charge is -2.11. The van der Waals surface area contributed by atoms with Gasteiger partial charge in [-0.1, -0.05) is 17.7 Å². The van der Waals surface area contributed by atoms with Gasteiger partial charge in [-0.2, -0.15) is 0 Å². The van der Waals surface area contributed by atoms with Crippen molar-refractivity contribution in [1.82, 2.24) is 5.32 Å². The zero-order valence-electron chi connectivity index (χ0n) is 14.3. The molecule has 0 aliphatic carbocycles. The summed E-state index contributed by atoms with van der Waals surface area (Å²) in [6.45, 7) is 4.78. The molecule has 0 bridgehead atoms. The quantitative estimate of drug-likeness (QED) is 0.757. The highest BCUT2D eigenvalue weighted by Gasteiger charge is 2.05. The van der Waals surface area contributed by atoms with Crippen molar-refractivity contribution in [3.63, 3.8) is 0 Å². The Hall–Kier alpha value is -2.69. The van der Waals surface area contributed by atoms with Crippen LogP contribution in [-0.4, -0.2) is 32.8 Å². The van der Waals surface area contributed by atoms with Crippen molar-refractivity contribution in [2.75, 3.05) is 26.9 Å². The average Bonchev–Trinajstić information content (AvgIpc) is 2.58. The van der Waals surface area contributed by atoms with Crippen molar-refractivity contribution >= 4 is 5.91 Å². The van der Waals surface area contributed by atoms with E-state index in [1.165, 1.54) is 5.56 Å². The number of methoxy groups -OCH3 is 1. The smallest absolute Gasteiger partial charge is 0.258 e. The lowest BCUT2D eigenvalue weighted by molar-refractivity contribution is -0.123. The van der Waals surface area contributed by atoms with Crippen LogP contribution in [0.4, 0.5) is 0 Å². The molecule has 0 saturated carbocycles. The second-order valence-electron chi connectivity index (χ2n) is 5.43. The van der Waals surface area contributed by atoms with Crippen LogP contribution in [0.3, 0.4) is 0 Å². The SMILES string of the molecule is COc1ccc(OCCNC(=O)COc2ccc(C)cc2C)cc1. The Kier molecular flexibility index (Phi) is 6.49. The van der Waals surface area contributed by atoms with Crippen molar-refractivity contribution in [3.8, 4) is 17.2 Å². The Morgan fingerprint density at radius 1 is 1.00 bits per heavy atom. The van der Waals surface area contributed by atoms with E-state index >= 15 is 0 Å². The van der Waals surface area contributed by atoms with Gasteiger partial charge in [-0.15, -0.1) is 0 Å². The van der Waals surface area contributed by atoms with Gasteiger partial charge in [0.1, 0.15) is 23.9 Å². The molecule has 0 spiro atoms. The van der Waals surface area contributed by atoms with Gasteiger partial charge in [0.05, 0.1) is 13.7 Å². The van der Waals surface area contributed by atoms with Gasteiger partial charge in [-0.05, 0) is 49.7 Å². The van der Waals surface area contributed by atoms with Gasteiger partial charge < -0.3 is 19.5 Å². The normalized spacial score (nSPS) is 10.1. The molecular weight excluding hydrogens is 306 g/mol. The third kappa shape index (κ3) is 5.50. The monoisotopic (exact) mass is 329 g/mol. The predicted molar refractivity (Wildman–Crippen MR) is 92.9 cm³/mol. The molecule has 0 aliphatic heterocycles. The minimum atomic E-state index is -0.173. The second-order valence-corrected chi connectivity index (χ2v) is 5.43. The molecule has 0 fully saturated rings. The van der Waals surface area contributed by atoms with Gasteiger partial charge in [-0.25, -0.2) is 0 Å². The van der Waals surface area contributed by atoms with Crippen molar-refractivity contribution in [1.29, 1.82) is 0 Å². The van der Waals surface area contributed by atoms with Gasteiger partial charge in [0.15, 0.2) is 6.61 Å². The van der Waals surface area contributed by atoms with Crippen LogP contribution >= 0.6 is 0 Å². The molecule has 5 nitrogen and oxygen atoms in total. The van der Waals surface area contributed by atoms with Crippen LogP contribution in [0.5, 0.6) is 17.2 Å². The maximum absolute atomic E-state index is 11.8. The molecule has 0 atom stereocenters. The van der Waals surface area contributed by atoms with Crippen LogP contribution < -0.4 is 19.5 Å². The number of hydrogen-bond donors (Lipinski definition) is 1. The van der Waals surface area contributed by atoms with Gasteiger partial charge in [0, 0.05) is 0 Å². The summed E-state index contributed by atoms with van der Waals surface area (Å²) < 4.78 is 16.1. The molecule has 24 heavy (non-hydrogen) atoms. The standard InChI is InChI=1S/C19H23NO4/c1-14-4-9-18(15(2)12-14)24-13-19(21)20-10-11-23-17-7-5-16(22-3)6-8-17/h4-9,12H,10-11,13H2,1-3H3,(H,20,21). The first-order valence-corrected chi connectivity index (χ1v) is 7.82. The first kappa shape index (κ1) is 17.7. The van der Waals surface area contributed by atoms with Gasteiger partial charge in [0.25, 0.3) is 5.91 Å². The van der Waals surface area contributed by atoms with E-state index in [1.54, 1.807) is 7.11 Å². The Morgan fingerprint density at radius 2 is 1.71 bits per heavy atom. The van der Waals surface area contributed by atoms with E-state index in [2.05, 4.69) is 5.32 Å². The van der Waals surface area contributed by atoms with Crippen LogP contribution in [0.15, 0.2) is 42.5 Å². The molecule has 0 unspecified atom stereocenters. The lowest BCUT2D eigenvalue weighted by Crippen LogP contribution is -2.32. The minimum Gasteiger partial charge on any atom is -0.497 e. The largest absolute Gasteiger partial charge is 0.497 e. The van der Waals surface area contributed by atoms with Crippen LogP contribution in [-0.2, 0) is 4.79 Å². The number of amides is 1. The van der Waals surface area contributed by atoms with E-state index in [0.717, 1.165) is 22.8 Å². The van der Waals surface area contributed by atoms with Gasteiger partial charge >= 0.3 is 0 Å². The fourth-order valence-corrected chi connectivity index (χ4v) is 2.19. The number of nitrogens with one attached hydrogen (secondary N) is 1. The highest BCUT2D eigenvalue weighted by atomic mass is 16.5. The van der Waals surface area contributed by atoms with Crippen LogP contribution in [0, 0.1) is 13.8 Å². The highest BCUT2D eigenvalue weighted by molar-refractivity contribution is 5.77. The maximum Gasteiger partial charge on any atom is 0.258 e. The summed E-state index contributed by atoms with van der Waals surface area (Å²) in [6, 6.07) is 13.2. The summed E-state index contributed by atoms with van der Waals surface area (Å²) >= 11 is 0. The Bertz CT molecular complexity index is 668. The number of carbonyl (C=O) groups is 1. The molecule has 0 heterocycles. The Morgan fingerprint density at radius 3 is 2.38 bits per heavy atom. The van der Waals surface area contributed by atoms with Crippen molar-refractivity contribution in [2.24, 2.45) is 0 Å². The maximum atomic E-state index is 11.8. The van der Waals surface area contributed by atoms with E-state index in [0.29, 0.717) is 13.2 Å². The molecule has 128 valence electrons. The number of aryl methyl sites for hydroxylation is 2. The van der Waals surface area contributed by atoms with Crippen LogP contribution in [0.1, 0.15) is 11.1 Å². The summed E-state index contributed by atoms with van der Waals surface area (Å²) in [6.07, 6.45) is 0. The number of carbonyl (C=O) groups excluding carboxylic acids is 1. The number of hydrogen-bond acceptors (Lipinski definition) is 4. The molecule has 5 heteroatoms. The third-order valence-electron chi connectivity index (χ3n) is 3.44. The van der Waals surface area contributed by atoms with Crippen molar-refractivity contribution in [3.05, 3.63) is 53.6 Å². The topological polar surface area (TPSA) is 56.8 Å². The van der Waals surface area contributed by atoms with E-state index in [4.69, 9.17) is 14.2 Å². The Labute approximate surface area is 142 Å². The predicted octanol–water partition coefficient (Wildman–Crippen LogP) is 2.89. The molecule has 2 rings (SSSR count). The first-order valence-electron chi connectivity index (χ1n) is 7.82. The molecule has 0 aromatic heterocycles. The second kappa shape index (κ2) is 8.82. The van der Waals surface area contributed by atoms with Gasteiger partial charge in [-0.3, -0.25) is 4.79 Å². The molecular formula is C19H23NO4. The number of rotatable bonds is 8. The highest BCUT2D eigenvalue weighted by Crippen LogP contribution is 2.18. The van der Waals surface area contributed by atoms with Crippen molar-refractivity contribution in [2.45, 2.75) is 13.8 Å². The van der Waals surface area contributed by atoms with E-state index in [-0.39, 0.29) is 12.5 Å². The van der Waals surface area contributed by atoms with Gasteiger partial charge in [0.2, 0.25) is 0 Å². The summed E-state index contributed by atoms with van der Waals surface area (Å²) in [5.74, 6) is 2.06. The fourth-order valence-electron chi connectivity index (χ4n) is 2.19. The summed E-state index contributed by atoms with van der Waals surface area (Å²) in [4.78, 5) is 11.8. The molecule has 2 aromatic rings. The van der Waals surface area contributed by atoms with Crippen LogP contribution in [0.25, 0.3) is 0 Å². The number of ether oxygens (including phenoxy) is 3. The zero-order valence-corrected chi connectivity index (χ0v) is 14.3. The molecule has 0 aliphatic rings. The van der Waals surface area contributed by atoms with E-state index < -0.39 is 0 Å². The summed E-state index contributed by atoms with van der Waals surface area (Å²) in [5, 5.41) is 2.76. The third-order valence-corrected chi connectivity index (χ3v) is 3.44. The molecule has 0 saturated heterocycles. The minimum absolute atomic E-state index is 0.00750. The molecule has 1 N–H and O–H groups in total. The van der Waals surface area contributed by atoms with E-state index in [9.17, 15) is 4.79 Å². The lowest BCUT2D eigenvalue weighted by atomic mass is 10.1. The van der Waals surface area contributed by atoms with Crippen LogP contribution in [0.2, 0.25) is 0 Å². The first-order chi connectivity index (χ1) is 11.6. The average molecular weight is 329 g/mol. The van der Waals surface area contributed by atoms with E-state index in [1.807, 2.05) is 56.3 Å².